The van der Waals surface area contributed by atoms with E-state index in [1.807, 2.05) is 6.92 Å². The van der Waals surface area contributed by atoms with E-state index in [0.717, 1.165) is 12.8 Å². The van der Waals surface area contributed by atoms with E-state index in [4.69, 9.17) is 4.74 Å². The predicted octanol–water partition coefficient (Wildman–Crippen LogP) is 3.50. The number of epoxide rings is 1. The van der Waals surface area contributed by atoms with Crippen LogP contribution < -0.4 is 0 Å². The summed E-state index contributed by atoms with van der Waals surface area (Å²) in [7, 11) is 0. The van der Waals surface area contributed by atoms with Gasteiger partial charge in [0.1, 0.15) is 16.8 Å². The average Bonchev–Trinajstić information content (AvgIpc) is 2.80. The first-order valence-corrected chi connectivity index (χ1v) is 8.06. The molecule has 1 N–H and O–H groups in total. The number of aliphatic hydroxyl groups is 1. The first kappa shape index (κ1) is 13.4. The Hall–Kier alpha value is 0.400. The monoisotopic (exact) mass is 316 g/mol. The summed E-state index contributed by atoms with van der Waals surface area (Å²) in [5.41, 5.74) is -0.840. The average molecular weight is 317 g/mol. The largest absolute Gasteiger partial charge is 0.386 e. The minimum Gasteiger partial charge on any atom is -0.386 e. The number of alkyl halides is 1. The van der Waals surface area contributed by atoms with E-state index >= 15 is 0 Å². The maximum absolute atomic E-state index is 10.9. The van der Waals surface area contributed by atoms with Crippen molar-refractivity contribution in [2.24, 2.45) is 17.3 Å². The molecule has 1 aliphatic heterocycles. The van der Waals surface area contributed by atoms with Crippen LogP contribution in [0.15, 0.2) is 0 Å². The van der Waals surface area contributed by atoms with Crippen LogP contribution in [0.3, 0.4) is 0 Å². The smallest absolute Gasteiger partial charge is 0.128 e. The summed E-state index contributed by atoms with van der Waals surface area (Å²) in [5.74, 6) is 1.18. The van der Waals surface area contributed by atoms with Crippen LogP contribution in [0.5, 0.6) is 0 Å². The molecular formula is C15H25BrO2. The Bertz CT molecular complexity index is 390. The van der Waals surface area contributed by atoms with Crippen molar-refractivity contribution in [2.45, 2.75) is 75.5 Å². The lowest BCUT2D eigenvalue weighted by molar-refractivity contribution is -0.0376. The fraction of sp³-hybridized carbons (Fsp3) is 1.00. The van der Waals surface area contributed by atoms with Gasteiger partial charge in [-0.15, -0.1) is 0 Å². The lowest BCUT2D eigenvalue weighted by atomic mass is 9.59. The van der Waals surface area contributed by atoms with Crippen molar-refractivity contribution in [3.63, 3.8) is 0 Å². The van der Waals surface area contributed by atoms with Gasteiger partial charge < -0.3 is 9.84 Å². The second-order valence-electron chi connectivity index (χ2n) is 8.03. The number of halogens is 1. The van der Waals surface area contributed by atoms with E-state index in [1.54, 1.807) is 0 Å². The predicted molar refractivity (Wildman–Crippen MR) is 75.8 cm³/mol. The van der Waals surface area contributed by atoms with E-state index in [1.165, 1.54) is 6.42 Å². The zero-order valence-electron chi connectivity index (χ0n) is 12.1. The molecule has 1 saturated heterocycles. The Morgan fingerprint density at radius 3 is 2.39 bits per heavy atom. The molecule has 2 saturated carbocycles. The zero-order chi connectivity index (χ0) is 13.6. The van der Waals surface area contributed by atoms with Crippen LogP contribution in [-0.4, -0.2) is 26.7 Å². The molecule has 0 aromatic rings. The van der Waals surface area contributed by atoms with Gasteiger partial charge in [-0.3, -0.25) is 0 Å². The fourth-order valence-electron chi connectivity index (χ4n) is 4.91. The van der Waals surface area contributed by atoms with Crippen molar-refractivity contribution in [3.05, 3.63) is 0 Å². The van der Waals surface area contributed by atoms with Crippen LogP contribution in [0.2, 0.25) is 0 Å². The highest BCUT2D eigenvalue weighted by Gasteiger charge is 2.87. The quantitative estimate of drug-likeness (QED) is 0.593. The Balaban J connectivity index is 2.06. The van der Waals surface area contributed by atoms with Crippen LogP contribution in [0.1, 0.15) is 53.9 Å². The summed E-state index contributed by atoms with van der Waals surface area (Å²) < 4.78 is 6.30. The molecule has 2 nitrogen and oxygen atoms in total. The SMILES string of the molecule is CC(C)C1CC(C)(C)CC23OC12CC(Br)C3(C)O. The standard InChI is InChI=1S/C15H25BrO2/c1-9(2)10-6-12(3,4)8-15-13(5,17)11(16)7-14(10,15)18-15/h9-11,17H,6-8H2,1-5H3. The molecule has 0 aromatic heterocycles. The molecule has 18 heavy (non-hydrogen) atoms. The van der Waals surface area contributed by atoms with Crippen molar-refractivity contribution in [1.29, 1.82) is 0 Å². The Morgan fingerprint density at radius 1 is 1.22 bits per heavy atom. The molecule has 104 valence electrons. The van der Waals surface area contributed by atoms with E-state index in [2.05, 4.69) is 43.6 Å². The van der Waals surface area contributed by atoms with Crippen LogP contribution in [-0.2, 0) is 4.74 Å². The minimum absolute atomic E-state index is 0.0612. The minimum atomic E-state index is -0.738. The summed E-state index contributed by atoms with van der Waals surface area (Å²) >= 11 is 3.69. The lowest BCUT2D eigenvalue weighted by Crippen LogP contribution is -2.52. The molecule has 5 unspecified atom stereocenters. The van der Waals surface area contributed by atoms with Gasteiger partial charge in [-0.2, -0.15) is 0 Å². The number of hydrogen-bond donors (Lipinski definition) is 1. The van der Waals surface area contributed by atoms with E-state index in [9.17, 15) is 5.11 Å². The number of hydrogen-bond acceptors (Lipinski definition) is 2. The van der Waals surface area contributed by atoms with Crippen LogP contribution >= 0.6 is 15.9 Å². The molecule has 0 radical (unpaired) electrons. The maximum Gasteiger partial charge on any atom is 0.128 e. The molecule has 2 aliphatic carbocycles. The zero-order valence-corrected chi connectivity index (χ0v) is 13.7. The third-order valence-corrected chi connectivity index (χ3v) is 7.03. The van der Waals surface area contributed by atoms with Crippen LogP contribution in [0.25, 0.3) is 0 Å². The maximum atomic E-state index is 10.9. The Labute approximate surface area is 119 Å². The van der Waals surface area contributed by atoms with Gasteiger partial charge >= 0.3 is 0 Å². The Morgan fingerprint density at radius 2 is 1.83 bits per heavy atom. The summed E-state index contributed by atoms with van der Waals surface area (Å²) in [6.45, 7) is 11.2. The highest BCUT2D eigenvalue weighted by atomic mass is 79.9. The van der Waals surface area contributed by atoms with Gasteiger partial charge in [-0.05, 0) is 43.4 Å². The number of rotatable bonds is 1. The topological polar surface area (TPSA) is 32.8 Å². The van der Waals surface area contributed by atoms with Crippen LogP contribution in [0.4, 0.5) is 0 Å². The van der Waals surface area contributed by atoms with Gasteiger partial charge in [0.2, 0.25) is 0 Å². The van der Waals surface area contributed by atoms with Crippen molar-refractivity contribution >= 4 is 15.9 Å². The third kappa shape index (κ3) is 1.31. The fourth-order valence-corrected chi connectivity index (χ4v) is 5.76. The summed E-state index contributed by atoms with van der Waals surface area (Å²) in [6, 6.07) is 0. The highest BCUT2D eigenvalue weighted by molar-refractivity contribution is 9.09. The van der Waals surface area contributed by atoms with Crippen molar-refractivity contribution in [1.82, 2.24) is 0 Å². The van der Waals surface area contributed by atoms with Gasteiger partial charge in [0.25, 0.3) is 0 Å². The Kier molecular flexibility index (Phi) is 2.49. The highest BCUT2D eigenvalue weighted by Crippen LogP contribution is 2.76. The first-order valence-electron chi connectivity index (χ1n) is 7.15. The van der Waals surface area contributed by atoms with Gasteiger partial charge in [0.05, 0.1) is 0 Å². The summed E-state index contributed by atoms with van der Waals surface area (Å²) in [5, 5.41) is 10.9. The molecule has 3 rings (SSSR count). The number of ether oxygens (including phenoxy) is 1. The molecule has 3 fully saturated rings. The second-order valence-corrected chi connectivity index (χ2v) is 9.14. The van der Waals surface area contributed by atoms with Gasteiger partial charge in [-0.1, -0.05) is 43.6 Å². The van der Waals surface area contributed by atoms with Crippen LogP contribution in [0, 0.1) is 17.3 Å². The molecule has 3 heteroatoms. The molecular weight excluding hydrogens is 292 g/mol. The molecule has 5 atom stereocenters. The molecule has 0 aromatic carbocycles. The second kappa shape index (κ2) is 3.35. The molecule has 3 aliphatic rings. The summed E-state index contributed by atoms with van der Waals surface area (Å²) in [4.78, 5) is 0.161. The van der Waals surface area contributed by atoms with Gasteiger partial charge in [0, 0.05) is 4.83 Å². The molecule has 0 spiro atoms. The van der Waals surface area contributed by atoms with Gasteiger partial charge in [-0.25, -0.2) is 0 Å². The van der Waals surface area contributed by atoms with E-state index < -0.39 is 5.60 Å². The van der Waals surface area contributed by atoms with E-state index in [0.29, 0.717) is 11.8 Å². The molecule has 0 bridgehead atoms. The van der Waals surface area contributed by atoms with Crippen molar-refractivity contribution in [2.75, 3.05) is 0 Å². The van der Waals surface area contributed by atoms with Crippen molar-refractivity contribution in [3.8, 4) is 0 Å². The first-order chi connectivity index (χ1) is 8.08. The van der Waals surface area contributed by atoms with E-state index in [-0.39, 0.29) is 21.4 Å². The normalized spacial score (nSPS) is 57.3. The third-order valence-electron chi connectivity index (χ3n) is 5.81. The molecule has 0 amide bonds. The molecule has 1 heterocycles. The summed E-state index contributed by atoms with van der Waals surface area (Å²) in [6.07, 6.45) is 3.15. The lowest BCUT2D eigenvalue weighted by Gasteiger charge is -2.43. The van der Waals surface area contributed by atoms with Crippen molar-refractivity contribution < 1.29 is 9.84 Å². The van der Waals surface area contributed by atoms with Gasteiger partial charge in [0.15, 0.2) is 0 Å².